The van der Waals surface area contributed by atoms with Crippen molar-refractivity contribution in [2.24, 2.45) is 0 Å². The smallest absolute Gasteiger partial charge is 0.178 e. The molecule has 0 unspecified atom stereocenters. The first-order chi connectivity index (χ1) is 11.2. The van der Waals surface area contributed by atoms with Gasteiger partial charge in [-0.05, 0) is 38.1 Å². The molecule has 0 radical (unpaired) electrons. The Morgan fingerprint density at radius 1 is 1.00 bits per heavy atom. The maximum absolute atomic E-state index is 4.58. The number of nitrogens with zero attached hydrogens (tertiary/aromatic N) is 6. The highest BCUT2D eigenvalue weighted by molar-refractivity contribution is 5.75. The van der Waals surface area contributed by atoms with Crippen LogP contribution >= 0.6 is 0 Å². The number of para-hydroxylation sites is 2. The van der Waals surface area contributed by atoms with Gasteiger partial charge in [0.15, 0.2) is 11.5 Å². The third-order valence-electron chi connectivity index (χ3n) is 3.91. The molecular formula is C16H17N7. The summed E-state index contributed by atoms with van der Waals surface area (Å²) in [7, 11) is 0. The number of imidazole rings is 1. The van der Waals surface area contributed by atoms with Crippen LogP contribution in [0.1, 0.15) is 11.6 Å². The Bertz CT molecular complexity index is 983. The SMILES string of the molecule is Cc1nc2ccccc2n1CCNc1ccc2nnc(C)n2n1. The fourth-order valence-corrected chi connectivity index (χ4v) is 2.76. The van der Waals surface area contributed by atoms with Gasteiger partial charge in [-0.2, -0.15) is 4.52 Å². The number of nitrogens with one attached hydrogen (secondary N) is 1. The van der Waals surface area contributed by atoms with Gasteiger partial charge in [0, 0.05) is 13.1 Å². The van der Waals surface area contributed by atoms with E-state index in [0.29, 0.717) is 0 Å². The Labute approximate surface area is 133 Å². The van der Waals surface area contributed by atoms with Crippen LogP contribution in [0.5, 0.6) is 0 Å². The molecule has 0 aliphatic carbocycles. The van der Waals surface area contributed by atoms with Crippen LogP contribution in [-0.2, 0) is 6.54 Å². The molecule has 7 nitrogen and oxygen atoms in total. The van der Waals surface area contributed by atoms with Crippen LogP contribution in [-0.4, -0.2) is 35.9 Å². The number of hydrogen-bond acceptors (Lipinski definition) is 5. The molecule has 3 heterocycles. The maximum Gasteiger partial charge on any atom is 0.178 e. The van der Waals surface area contributed by atoms with E-state index >= 15 is 0 Å². The van der Waals surface area contributed by atoms with Gasteiger partial charge in [0.2, 0.25) is 0 Å². The number of fused-ring (bicyclic) bond motifs is 2. The van der Waals surface area contributed by atoms with Gasteiger partial charge in [0.1, 0.15) is 11.6 Å². The lowest BCUT2D eigenvalue weighted by Gasteiger charge is -2.09. The Hall–Kier alpha value is -2.96. The van der Waals surface area contributed by atoms with Crippen molar-refractivity contribution in [2.45, 2.75) is 20.4 Å². The topological polar surface area (TPSA) is 72.9 Å². The van der Waals surface area contributed by atoms with E-state index in [9.17, 15) is 0 Å². The average Bonchev–Trinajstić information content (AvgIpc) is 3.08. The van der Waals surface area contributed by atoms with E-state index in [-0.39, 0.29) is 0 Å². The largest absolute Gasteiger partial charge is 0.367 e. The van der Waals surface area contributed by atoms with E-state index < -0.39 is 0 Å². The molecule has 0 spiro atoms. The van der Waals surface area contributed by atoms with Crippen molar-refractivity contribution in [1.29, 1.82) is 0 Å². The van der Waals surface area contributed by atoms with E-state index in [0.717, 1.165) is 47.2 Å². The van der Waals surface area contributed by atoms with Crippen molar-refractivity contribution in [2.75, 3.05) is 11.9 Å². The van der Waals surface area contributed by atoms with Gasteiger partial charge in [-0.25, -0.2) is 4.98 Å². The van der Waals surface area contributed by atoms with Crippen molar-refractivity contribution >= 4 is 22.5 Å². The molecule has 0 aliphatic heterocycles. The summed E-state index contributed by atoms with van der Waals surface area (Å²) >= 11 is 0. The van der Waals surface area contributed by atoms with Gasteiger partial charge < -0.3 is 9.88 Å². The van der Waals surface area contributed by atoms with Gasteiger partial charge in [-0.15, -0.1) is 15.3 Å². The van der Waals surface area contributed by atoms with E-state index in [4.69, 9.17) is 0 Å². The minimum atomic E-state index is 0.754. The predicted molar refractivity (Wildman–Crippen MR) is 88.5 cm³/mol. The number of anilines is 1. The highest BCUT2D eigenvalue weighted by atomic mass is 15.4. The molecular weight excluding hydrogens is 290 g/mol. The highest BCUT2D eigenvalue weighted by Crippen LogP contribution is 2.15. The van der Waals surface area contributed by atoms with Crippen LogP contribution in [0.4, 0.5) is 5.82 Å². The van der Waals surface area contributed by atoms with Gasteiger partial charge >= 0.3 is 0 Å². The summed E-state index contributed by atoms with van der Waals surface area (Å²) in [6.07, 6.45) is 0. The first-order valence-corrected chi connectivity index (χ1v) is 7.57. The first kappa shape index (κ1) is 13.7. The zero-order valence-electron chi connectivity index (χ0n) is 13.1. The first-order valence-electron chi connectivity index (χ1n) is 7.57. The standard InChI is InChI=1S/C16H17N7/c1-11-18-13-5-3-4-6-14(13)22(11)10-9-17-15-7-8-16-20-19-12(2)23(16)21-15/h3-8H,9-10H2,1-2H3,(H,17,21). The van der Waals surface area contributed by atoms with Crippen molar-refractivity contribution < 1.29 is 0 Å². The summed E-state index contributed by atoms with van der Waals surface area (Å²) in [5, 5.41) is 15.9. The molecule has 0 amide bonds. The van der Waals surface area contributed by atoms with E-state index in [2.05, 4.69) is 36.2 Å². The molecule has 0 atom stereocenters. The molecule has 1 aromatic carbocycles. The molecule has 4 aromatic rings. The quantitative estimate of drug-likeness (QED) is 0.626. The van der Waals surface area contributed by atoms with Crippen LogP contribution in [0, 0.1) is 13.8 Å². The number of rotatable bonds is 4. The van der Waals surface area contributed by atoms with Crippen LogP contribution in [0.15, 0.2) is 36.4 Å². The number of aromatic nitrogens is 6. The van der Waals surface area contributed by atoms with Gasteiger partial charge in [-0.1, -0.05) is 12.1 Å². The molecule has 0 saturated carbocycles. The van der Waals surface area contributed by atoms with Crippen LogP contribution < -0.4 is 5.32 Å². The second-order valence-electron chi connectivity index (χ2n) is 5.46. The van der Waals surface area contributed by atoms with Gasteiger partial charge in [0.05, 0.1) is 11.0 Å². The molecule has 23 heavy (non-hydrogen) atoms. The molecule has 0 saturated heterocycles. The summed E-state index contributed by atoms with van der Waals surface area (Å²) in [6.45, 7) is 5.51. The summed E-state index contributed by atoms with van der Waals surface area (Å²) in [6, 6.07) is 12.0. The minimum Gasteiger partial charge on any atom is -0.367 e. The van der Waals surface area contributed by atoms with Crippen molar-refractivity contribution in [3.8, 4) is 0 Å². The highest BCUT2D eigenvalue weighted by Gasteiger charge is 2.07. The molecule has 1 N–H and O–H groups in total. The molecule has 116 valence electrons. The fraction of sp³-hybridized carbons (Fsp3) is 0.250. The summed E-state index contributed by atoms with van der Waals surface area (Å²) < 4.78 is 3.95. The van der Waals surface area contributed by atoms with E-state index in [1.165, 1.54) is 0 Å². The fourth-order valence-electron chi connectivity index (χ4n) is 2.76. The maximum atomic E-state index is 4.58. The molecule has 0 bridgehead atoms. The molecule has 4 rings (SSSR count). The van der Waals surface area contributed by atoms with Crippen LogP contribution in [0.25, 0.3) is 16.7 Å². The summed E-state index contributed by atoms with van der Waals surface area (Å²) in [5.41, 5.74) is 2.94. The third-order valence-corrected chi connectivity index (χ3v) is 3.91. The molecule has 7 heteroatoms. The lowest BCUT2D eigenvalue weighted by molar-refractivity contribution is 0.717. The van der Waals surface area contributed by atoms with E-state index in [1.54, 1.807) is 4.52 Å². The van der Waals surface area contributed by atoms with Gasteiger partial charge in [-0.3, -0.25) is 0 Å². The van der Waals surface area contributed by atoms with Crippen molar-refractivity contribution in [1.82, 2.24) is 29.4 Å². The number of aryl methyl sites for hydroxylation is 2. The second-order valence-corrected chi connectivity index (χ2v) is 5.46. The monoisotopic (exact) mass is 307 g/mol. The molecule has 0 aliphatic rings. The summed E-state index contributed by atoms with van der Waals surface area (Å²) in [4.78, 5) is 4.58. The Balaban J connectivity index is 1.52. The minimum absolute atomic E-state index is 0.754. The Morgan fingerprint density at radius 3 is 2.78 bits per heavy atom. The average molecular weight is 307 g/mol. The molecule has 3 aromatic heterocycles. The third kappa shape index (κ3) is 2.40. The Morgan fingerprint density at radius 2 is 1.87 bits per heavy atom. The normalized spacial score (nSPS) is 11.4. The zero-order chi connectivity index (χ0) is 15.8. The zero-order valence-corrected chi connectivity index (χ0v) is 13.1. The lowest BCUT2D eigenvalue weighted by atomic mass is 10.3. The lowest BCUT2D eigenvalue weighted by Crippen LogP contribution is -2.13. The second kappa shape index (κ2) is 5.35. The summed E-state index contributed by atoms with van der Waals surface area (Å²) in [5.74, 6) is 2.61. The number of benzene rings is 1. The van der Waals surface area contributed by atoms with Crippen LogP contribution in [0.3, 0.4) is 0 Å². The van der Waals surface area contributed by atoms with E-state index in [1.807, 2.05) is 44.2 Å². The van der Waals surface area contributed by atoms with Crippen molar-refractivity contribution in [3.05, 3.63) is 48.0 Å². The van der Waals surface area contributed by atoms with Gasteiger partial charge in [0.25, 0.3) is 0 Å². The molecule has 0 fully saturated rings. The Kier molecular flexibility index (Phi) is 3.18. The van der Waals surface area contributed by atoms with Crippen molar-refractivity contribution in [3.63, 3.8) is 0 Å². The van der Waals surface area contributed by atoms with Crippen LogP contribution in [0.2, 0.25) is 0 Å². The predicted octanol–water partition coefficient (Wildman–Crippen LogP) is 2.20. The number of hydrogen-bond donors (Lipinski definition) is 1.